The van der Waals surface area contributed by atoms with Gasteiger partial charge in [-0.1, -0.05) is 18.2 Å². The number of hydrogen-bond acceptors (Lipinski definition) is 6. The minimum absolute atomic E-state index is 0.145. The highest BCUT2D eigenvalue weighted by Gasteiger charge is 2.20. The molecule has 3 heterocycles. The largest absolute Gasteiger partial charge is 0.497 e. The number of carbonyl (C=O) groups excluding carboxylic acids is 1. The maximum absolute atomic E-state index is 13.1. The summed E-state index contributed by atoms with van der Waals surface area (Å²) in [7, 11) is 1.69. The second kappa shape index (κ2) is 11.1. The predicted octanol–water partition coefficient (Wildman–Crippen LogP) is 4.08. The summed E-state index contributed by atoms with van der Waals surface area (Å²) in [4.78, 5) is 17.9. The van der Waals surface area contributed by atoms with Crippen molar-refractivity contribution in [1.29, 1.82) is 0 Å². The van der Waals surface area contributed by atoms with Gasteiger partial charge in [0.15, 0.2) is 5.76 Å². The van der Waals surface area contributed by atoms with E-state index in [1.165, 1.54) is 5.69 Å². The fourth-order valence-electron chi connectivity index (χ4n) is 4.47. The van der Waals surface area contributed by atoms with E-state index in [9.17, 15) is 4.79 Å². The van der Waals surface area contributed by atoms with E-state index in [0.29, 0.717) is 23.7 Å². The van der Waals surface area contributed by atoms with Crippen molar-refractivity contribution in [3.63, 3.8) is 0 Å². The topological polar surface area (TPSA) is 75.8 Å². The number of carbonyl (C=O) groups is 1. The molecule has 1 aliphatic heterocycles. The number of anilines is 1. The Morgan fingerprint density at radius 2 is 1.75 bits per heavy atom. The van der Waals surface area contributed by atoms with E-state index in [2.05, 4.69) is 32.3 Å². The molecule has 0 unspecified atom stereocenters. The molecule has 0 atom stereocenters. The standard InChI is InChI=1S/C28H31N5O3/c1-35-24-12-10-22(11-13-24)32-18-16-31(17-19-32)15-6-14-29-28(34)26-21-25(27-9-5-20-36-27)30-33(26)23-7-3-2-4-8-23/h2-5,7-13,20-21H,6,14-19H2,1H3,(H,29,34). The van der Waals surface area contributed by atoms with E-state index >= 15 is 0 Å². The number of para-hydroxylation sites is 1. The van der Waals surface area contributed by atoms with Crippen LogP contribution in [0.4, 0.5) is 5.69 Å². The Bertz CT molecular complexity index is 1240. The van der Waals surface area contributed by atoms with Crippen molar-refractivity contribution in [2.75, 3.05) is 51.3 Å². The molecule has 186 valence electrons. The summed E-state index contributed by atoms with van der Waals surface area (Å²) in [5, 5.41) is 7.70. The molecule has 2 aromatic carbocycles. The lowest BCUT2D eigenvalue weighted by Gasteiger charge is -2.36. The summed E-state index contributed by atoms with van der Waals surface area (Å²) in [6.07, 6.45) is 2.49. The average Bonchev–Trinajstić information content (AvgIpc) is 3.63. The molecule has 4 aromatic rings. The molecule has 1 N–H and O–H groups in total. The third-order valence-corrected chi connectivity index (χ3v) is 6.46. The van der Waals surface area contributed by atoms with Gasteiger partial charge in [-0.25, -0.2) is 4.68 Å². The van der Waals surface area contributed by atoms with E-state index in [4.69, 9.17) is 9.15 Å². The highest BCUT2D eigenvalue weighted by molar-refractivity contribution is 5.94. The van der Waals surface area contributed by atoms with Gasteiger partial charge in [-0.3, -0.25) is 9.69 Å². The van der Waals surface area contributed by atoms with E-state index in [1.54, 1.807) is 24.1 Å². The zero-order valence-electron chi connectivity index (χ0n) is 20.5. The third-order valence-electron chi connectivity index (χ3n) is 6.46. The van der Waals surface area contributed by atoms with Crippen LogP contribution in [0.3, 0.4) is 0 Å². The van der Waals surface area contributed by atoms with Gasteiger partial charge in [0, 0.05) is 44.5 Å². The smallest absolute Gasteiger partial charge is 0.270 e. The van der Waals surface area contributed by atoms with Crippen LogP contribution in [0, 0.1) is 0 Å². The molecule has 1 amide bonds. The number of methoxy groups -OCH3 is 1. The molecule has 2 aromatic heterocycles. The highest BCUT2D eigenvalue weighted by Crippen LogP contribution is 2.23. The van der Waals surface area contributed by atoms with Crippen molar-refractivity contribution < 1.29 is 13.9 Å². The Kier molecular flexibility index (Phi) is 7.33. The molecule has 0 saturated carbocycles. The van der Waals surface area contributed by atoms with Gasteiger partial charge in [-0.2, -0.15) is 5.10 Å². The van der Waals surface area contributed by atoms with Crippen LogP contribution < -0.4 is 15.0 Å². The van der Waals surface area contributed by atoms with Crippen molar-refractivity contribution in [2.45, 2.75) is 6.42 Å². The summed E-state index contributed by atoms with van der Waals surface area (Å²) in [6.45, 7) is 5.55. The molecule has 1 fully saturated rings. The lowest BCUT2D eigenvalue weighted by molar-refractivity contribution is 0.0943. The third kappa shape index (κ3) is 5.44. The number of ether oxygens (including phenoxy) is 1. The van der Waals surface area contributed by atoms with E-state index in [1.807, 2.05) is 54.6 Å². The molecule has 0 aliphatic carbocycles. The van der Waals surface area contributed by atoms with Crippen molar-refractivity contribution in [3.05, 3.63) is 84.8 Å². The molecule has 0 spiro atoms. The Morgan fingerprint density at radius 3 is 2.44 bits per heavy atom. The average molecular weight is 486 g/mol. The molecular formula is C28H31N5O3. The normalized spacial score (nSPS) is 14.1. The van der Waals surface area contributed by atoms with E-state index in [-0.39, 0.29) is 5.91 Å². The molecule has 0 bridgehead atoms. The van der Waals surface area contributed by atoms with Crippen LogP contribution in [-0.2, 0) is 0 Å². The molecule has 1 saturated heterocycles. The molecule has 36 heavy (non-hydrogen) atoms. The first kappa shape index (κ1) is 23.7. The van der Waals surface area contributed by atoms with Gasteiger partial charge in [0.1, 0.15) is 17.1 Å². The number of piperazine rings is 1. The Morgan fingerprint density at radius 1 is 0.972 bits per heavy atom. The van der Waals surface area contributed by atoms with Crippen LogP contribution in [0.15, 0.2) is 83.5 Å². The predicted molar refractivity (Wildman–Crippen MR) is 140 cm³/mol. The van der Waals surface area contributed by atoms with Gasteiger partial charge in [-0.15, -0.1) is 0 Å². The first-order valence-corrected chi connectivity index (χ1v) is 12.3. The van der Waals surface area contributed by atoms with Crippen molar-refractivity contribution in [2.24, 2.45) is 0 Å². The fraction of sp³-hybridized carbons (Fsp3) is 0.286. The van der Waals surface area contributed by atoms with Crippen LogP contribution in [-0.4, -0.2) is 67.0 Å². The van der Waals surface area contributed by atoms with Gasteiger partial charge in [0.05, 0.1) is 19.1 Å². The SMILES string of the molecule is COc1ccc(N2CCN(CCCNC(=O)c3cc(-c4ccco4)nn3-c3ccccc3)CC2)cc1. The van der Waals surface area contributed by atoms with Crippen LogP contribution in [0.25, 0.3) is 17.1 Å². The van der Waals surface area contributed by atoms with Gasteiger partial charge in [0.25, 0.3) is 5.91 Å². The van der Waals surface area contributed by atoms with Crippen molar-refractivity contribution >= 4 is 11.6 Å². The van der Waals surface area contributed by atoms with Crippen molar-refractivity contribution in [1.82, 2.24) is 20.0 Å². The van der Waals surface area contributed by atoms with Crippen LogP contribution >= 0.6 is 0 Å². The minimum atomic E-state index is -0.145. The lowest BCUT2D eigenvalue weighted by Crippen LogP contribution is -2.47. The van der Waals surface area contributed by atoms with Gasteiger partial charge < -0.3 is 19.4 Å². The number of nitrogens with zero attached hydrogens (tertiary/aromatic N) is 4. The summed E-state index contributed by atoms with van der Waals surface area (Å²) in [5.41, 5.74) is 3.17. The summed E-state index contributed by atoms with van der Waals surface area (Å²) >= 11 is 0. The number of furan rings is 1. The quantitative estimate of drug-likeness (QED) is 0.360. The Balaban J connectivity index is 1.13. The number of benzene rings is 2. The number of nitrogens with one attached hydrogen (secondary N) is 1. The monoisotopic (exact) mass is 485 g/mol. The lowest BCUT2D eigenvalue weighted by atomic mass is 10.2. The molecule has 5 rings (SSSR count). The maximum atomic E-state index is 13.1. The van der Waals surface area contributed by atoms with Gasteiger partial charge >= 0.3 is 0 Å². The number of amides is 1. The van der Waals surface area contributed by atoms with E-state index in [0.717, 1.165) is 50.6 Å². The van der Waals surface area contributed by atoms with Crippen LogP contribution in [0.1, 0.15) is 16.9 Å². The highest BCUT2D eigenvalue weighted by atomic mass is 16.5. The van der Waals surface area contributed by atoms with Crippen LogP contribution in [0.5, 0.6) is 5.75 Å². The minimum Gasteiger partial charge on any atom is -0.497 e. The van der Waals surface area contributed by atoms with Gasteiger partial charge in [-0.05, 0) is 61.5 Å². The first-order valence-electron chi connectivity index (χ1n) is 12.3. The second-order valence-corrected chi connectivity index (χ2v) is 8.78. The number of rotatable bonds is 9. The first-order chi connectivity index (χ1) is 17.7. The second-order valence-electron chi connectivity index (χ2n) is 8.78. The fourth-order valence-corrected chi connectivity index (χ4v) is 4.47. The Labute approximate surface area is 211 Å². The summed E-state index contributed by atoms with van der Waals surface area (Å²) in [5.74, 6) is 1.37. The summed E-state index contributed by atoms with van der Waals surface area (Å²) in [6, 6.07) is 23.3. The van der Waals surface area contributed by atoms with E-state index < -0.39 is 0 Å². The Hall–Kier alpha value is -4.04. The zero-order chi connectivity index (χ0) is 24.7. The zero-order valence-corrected chi connectivity index (χ0v) is 20.5. The maximum Gasteiger partial charge on any atom is 0.270 e. The molecule has 0 radical (unpaired) electrons. The van der Waals surface area contributed by atoms with Gasteiger partial charge in [0.2, 0.25) is 0 Å². The number of hydrogen-bond donors (Lipinski definition) is 1. The van der Waals surface area contributed by atoms with Crippen LogP contribution in [0.2, 0.25) is 0 Å². The molecule has 1 aliphatic rings. The molecule has 8 heteroatoms. The molecular weight excluding hydrogens is 454 g/mol. The summed E-state index contributed by atoms with van der Waals surface area (Å²) < 4.78 is 12.4. The number of aromatic nitrogens is 2. The molecule has 8 nitrogen and oxygen atoms in total. The van der Waals surface area contributed by atoms with Crippen molar-refractivity contribution in [3.8, 4) is 22.9 Å².